The van der Waals surface area contributed by atoms with Gasteiger partial charge in [-0.25, -0.2) is 13.7 Å². The summed E-state index contributed by atoms with van der Waals surface area (Å²) >= 11 is 0. The number of imidazole rings is 3. The number of aliphatic hydroxyl groups excluding tert-OH is 1. The van der Waals surface area contributed by atoms with Crippen LogP contribution in [0.5, 0.6) is 0 Å². The smallest absolute Gasteiger partial charge is 0.295 e. The summed E-state index contributed by atoms with van der Waals surface area (Å²) in [6.07, 6.45) is 13.2. The van der Waals surface area contributed by atoms with E-state index in [1.165, 1.54) is 201 Å². The molecule has 12 heterocycles. The zero-order valence-corrected chi connectivity index (χ0v) is 86.1. The van der Waals surface area contributed by atoms with E-state index in [1.807, 2.05) is 104 Å². The van der Waals surface area contributed by atoms with Gasteiger partial charge in [-0.3, -0.25) is 4.79 Å². The van der Waals surface area contributed by atoms with Gasteiger partial charge in [0.25, 0.3) is 17.3 Å². The van der Waals surface area contributed by atoms with Crippen molar-refractivity contribution in [3.63, 3.8) is 0 Å². The molecule has 0 saturated carbocycles. The molecule has 0 atom stereocenters. The molecule has 0 spiro atoms. The molecular formula is C132H109Ir2N10O2+. The van der Waals surface area contributed by atoms with Crippen LogP contribution in [0.25, 0.3) is 172 Å². The van der Waals surface area contributed by atoms with E-state index in [0.717, 1.165) is 53.4 Å². The van der Waals surface area contributed by atoms with Gasteiger partial charge in [-0.15, -0.1) is 107 Å². The molecule has 0 saturated heterocycles. The van der Waals surface area contributed by atoms with Crippen molar-refractivity contribution < 1.29 is 79.3 Å². The Labute approximate surface area is 890 Å². The topological polar surface area (TPSA) is 106 Å². The minimum absolute atomic E-state index is 0. The van der Waals surface area contributed by atoms with Crippen LogP contribution in [0, 0.1) is 45.9 Å². The fraction of sp³-hybridized carbons (Fsp3) is 0.106. The molecule has 24 aromatic rings. The maximum atomic E-state index is 10.0. The maximum absolute atomic E-state index is 10.0. The molecule has 0 fully saturated rings. The van der Waals surface area contributed by atoms with Crippen LogP contribution in [-0.4, -0.2) is 39.4 Å². The first kappa shape index (κ1) is 88.5. The third kappa shape index (κ3) is 18.9. The van der Waals surface area contributed by atoms with Crippen LogP contribution in [0.2, 0.25) is 0 Å². The summed E-state index contributed by atoms with van der Waals surface area (Å²) in [5.74, 6) is 2.48. The van der Waals surface area contributed by atoms with Gasteiger partial charge in [0.1, 0.15) is 56.5 Å². The number of allylic oxidation sites excluding steroid dienone is 2. The van der Waals surface area contributed by atoms with E-state index >= 15 is 0 Å². The molecule has 14 heteroatoms. The van der Waals surface area contributed by atoms with Crippen molar-refractivity contribution >= 4 is 87.2 Å². The maximum Gasteiger partial charge on any atom is 0.295 e. The normalized spacial score (nSPS) is 12.9. The SMILES string of the molecule is C.CC(=O)C=C(C)O.CC1(C)c2ccc[c-]c2-c2nccc3cccc1c23.Cc1ccc(-c2[c-]cccc2)nc1.Cc1ccc2c(c1)c1cccc3c1c1n2c(-c2c(C)cccc2C)c[n+]1C3.[2H]c1c([2H])c([2H])c2c(c1[2H])C[n+]1c([2H])c([2H])c([2H])c([2H])c1-2.[Ir].[Ir].[c-]1ccccc1-c1nccc2ccccc12.c1ccc2c(c1)C[n+]1c-2n(-c2cccc3ccccc23)c2ccccc21.c1ccc2c(c1)C[n+]1ccn(-c3cccc4ccccc34)c1-2. The molecule has 1 N–H and O–H groups in total. The van der Waals surface area contributed by atoms with Gasteiger partial charge < -0.3 is 20.1 Å². The number of benzene rings is 16. The molecule has 2 radical (unpaired) electrons. The van der Waals surface area contributed by atoms with Crippen molar-refractivity contribution in [3.8, 4) is 90.4 Å². The van der Waals surface area contributed by atoms with E-state index in [-0.39, 0.29) is 119 Å². The number of pyridine rings is 5. The van der Waals surface area contributed by atoms with Crippen LogP contribution in [0.1, 0.15) is 102 Å². The first-order valence-corrected chi connectivity index (χ1v) is 48.2. The molecule has 12 nitrogen and oxygen atoms in total. The summed E-state index contributed by atoms with van der Waals surface area (Å²) in [7, 11) is 0. The van der Waals surface area contributed by atoms with Crippen LogP contribution in [0.3, 0.4) is 0 Å². The number of hydrogen-bond donors (Lipinski definition) is 1. The van der Waals surface area contributed by atoms with Crippen molar-refractivity contribution in [2.75, 3.05) is 0 Å². The number of aryl methyl sites for hydroxylation is 4. The Bertz CT molecular complexity index is 9500. The molecule has 1 aliphatic carbocycles. The Morgan fingerprint density at radius 1 is 0.452 bits per heavy atom. The van der Waals surface area contributed by atoms with E-state index in [4.69, 9.17) is 16.1 Å². The van der Waals surface area contributed by atoms with E-state index in [1.54, 1.807) is 0 Å². The van der Waals surface area contributed by atoms with Crippen LogP contribution in [-0.2, 0) is 76.6 Å². The Kier molecular flexibility index (Phi) is 25.8. The number of hydrogen-bond acceptors (Lipinski definition) is 5. The Hall–Kier alpha value is -16.4. The molecule has 146 heavy (non-hydrogen) atoms. The molecule has 0 amide bonds. The van der Waals surface area contributed by atoms with Crippen molar-refractivity contribution in [1.29, 1.82) is 0 Å². The van der Waals surface area contributed by atoms with Crippen molar-refractivity contribution in [2.45, 2.75) is 94.4 Å². The largest absolute Gasteiger partial charge is 0.512 e. The molecule has 5 aliphatic rings. The van der Waals surface area contributed by atoms with Gasteiger partial charge in [-0.1, -0.05) is 263 Å². The van der Waals surface area contributed by atoms with Gasteiger partial charge in [0.05, 0.1) is 37.4 Å². The summed E-state index contributed by atoms with van der Waals surface area (Å²) in [4.78, 5) is 23.4. The summed E-state index contributed by atoms with van der Waals surface area (Å²) in [5, 5.41) is 22.5. The first-order valence-electron chi connectivity index (χ1n) is 52.2. The van der Waals surface area contributed by atoms with Gasteiger partial charge in [0.15, 0.2) is 35.2 Å². The predicted molar refractivity (Wildman–Crippen MR) is 587 cm³/mol. The predicted octanol–water partition coefficient (Wildman–Crippen LogP) is 29.1. The average Bonchev–Trinajstić information content (AvgIpc) is 1.53. The second kappa shape index (κ2) is 42.6. The van der Waals surface area contributed by atoms with Crippen LogP contribution < -0.4 is 18.3 Å². The molecule has 0 unspecified atom stereocenters. The molecule has 0 bridgehead atoms. The molecule has 29 rings (SSSR count). The number of fused-ring (bicyclic) bond motifs is 19. The third-order valence-electron chi connectivity index (χ3n) is 27.3. The van der Waals surface area contributed by atoms with Gasteiger partial charge in [-0.05, 0) is 191 Å². The van der Waals surface area contributed by atoms with Gasteiger partial charge in [-0.2, -0.15) is 18.1 Å². The van der Waals surface area contributed by atoms with Gasteiger partial charge >= 0.3 is 0 Å². The van der Waals surface area contributed by atoms with E-state index < -0.39 is 12.1 Å². The number of ketones is 1. The van der Waals surface area contributed by atoms with E-state index in [0.29, 0.717) is 5.56 Å². The summed E-state index contributed by atoms with van der Waals surface area (Å²) in [6.45, 7) is 18.9. The molecule has 716 valence electrons. The fourth-order valence-corrected chi connectivity index (χ4v) is 20.9. The van der Waals surface area contributed by atoms with Crippen LogP contribution in [0.4, 0.5) is 0 Å². The van der Waals surface area contributed by atoms with Crippen molar-refractivity contribution in [1.82, 2.24) is 28.5 Å². The zero-order chi connectivity index (χ0) is 104. The number of rotatable bonds is 6. The van der Waals surface area contributed by atoms with E-state index in [9.17, 15) is 4.79 Å². The Balaban J connectivity index is 0.000000112. The van der Waals surface area contributed by atoms with Crippen molar-refractivity contribution in [3.05, 3.63) is 517 Å². The van der Waals surface area contributed by atoms with Crippen molar-refractivity contribution in [2.24, 2.45) is 0 Å². The minimum Gasteiger partial charge on any atom is -0.512 e. The monoisotopic (exact) mass is 2260 g/mol. The number of para-hydroxylation sites is 2. The average molecular weight is 2260 g/mol. The minimum atomic E-state index is -0.411. The number of carbonyl (C=O) groups is 1. The molecule has 16 aromatic carbocycles. The van der Waals surface area contributed by atoms with Crippen LogP contribution >= 0.6 is 0 Å². The third-order valence-corrected chi connectivity index (χ3v) is 27.3. The number of carbonyl (C=O) groups excluding carboxylic acids is 1. The van der Waals surface area contributed by atoms with Gasteiger partial charge in [0.2, 0.25) is 5.69 Å². The summed E-state index contributed by atoms with van der Waals surface area (Å²) < 4.78 is 78.3. The summed E-state index contributed by atoms with van der Waals surface area (Å²) in [6, 6.07) is 129. The van der Waals surface area contributed by atoms with E-state index in [2.05, 4.69) is 381 Å². The first-order chi connectivity index (χ1) is 73.4. The fourth-order valence-electron chi connectivity index (χ4n) is 20.9. The molecular weight excluding hydrogens is 2140 g/mol. The second-order valence-electron chi connectivity index (χ2n) is 37.1. The Morgan fingerprint density at radius 3 is 1.74 bits per heavy atom. The van der Waals surface area contributed by atoms with Gasteiger partial charge in [0, 0.05) is 126 Å². The number of aliphatic hydroxyl groups is 1. The second-order valence-corrected chi connectivity index (χ2v) is 37.1. The molecule has 4 aliphatic heterocycles. The quantitative estimate of drug-likeness (QED) is 0.0587. The molecule has 8 aromatic heterocycles. The Morgan fingerprint density at radius 2 is 1.02 bits per heavy atom. The standard InChI is InChI=1S/C25H21N2.C24H17N2.C20H15N2.C18H14N.C15H10N.2C12H10N.C5H8O2.CH4.2Ir/c1-15-10-11-21-20(12-15)19-9-5-8-18-13-26-14-22(27(21)25(26)24(18)19)23-16(2)6-4-7-17(23)3;1-3-11-19-17(8-1)10-7-15-21(19)26-23-14-6-5-13-22(23)25-16-18-9-2-4-12-20(18)24(25)26;1-3-9-17-15(6-1)8-5-11-19(17)22-13-12-21-14-16-7-2-4-10-18(16)20(21)22;1-18(2)14-8-4-3-7-13(14)17-16-12(10-11-19-17)6-5-9-15(16)18;1-2-7-13(8-3-1)15-14-9-5-4-6-12(14)10-11-16-15;1-2-6-11-10(5-1)9-13-8-4-3-7-12(11)13;1-10-7-8-12(13-9-10)11-5-3-2-4-6-11;1-4(6)3-5(2)7;;;/h4-12,14H,13H2,1-3H3;1-15H,16H2;1-13H,14H2;3-6,8-11H,1-2H3;1-7,9-11H;1-8H,9H2;2-5,7-9H,1H3;3,6H,1-2H3;1H4;;/q3*+1;2*-1;+1;-1;;;;/i;;;;;1D,2D,3D,4D,5D,6D,7D,8D;;;;;. The zero-order valence-electron chi connectivity index (χ0n) is 89.3. The number of nitrogens with zero attached hydrogens (tertiary/aromatic N) is 10. The summed E-state index contributed by atoms with van der Waals surface area (Å²) in [5.41, 5.74) is 31.8. The number of aromatic nitrogens is 10. The van der Waals surface area contributed by atoms with Crippen LogP contribution in [0.15, 0.2) is 443 Å².